The predicted molar refractivity (Wildman–Crippen MR) is 105 cm³/mol. The van der Waals surface area contributed by atoms with Gasteiger partial charge in [0.25, 0.3) is 0 Å². The minimum atomic E-state index is 0.508. The normalized spacial score (nSPS) is 23.3. The number of aryl methyl sites for hydroxylation is 2. The van der Waals surface area contributed by atoms with E-state index in [9.17, 15) is 0 Å². The average molecular weight is 335 g/mol. The zero-order valence-electron chi connectivity index (χ0n) is 15.4. The second-order valence-electron chi connectivity index (χ2n) is 7.91. The van der Waals surface area contributed by atoms with Crippen molar-refractivity contribution in [2.75, 3.05) is 10.6 Å². The van der Waals surface area contributed by atoms with Gasteiger partial charge in [0, 0.05) is 18.0 Å². The summed E-state index contributed by atoms with van der Waals surface area (Å²) < 4.78 is 0. The van der Waals surface area contributed by atoms with Crippen molar-refractivity contribution >= 4 is 11.5 Å². The van der Waals surface area contributed by atoms with Gasteiger partial charge in [-0.2, -0.15) is 0 Å². The lowest BCUT2D eigenvalue weighted by atomic mass is 9.91. The summed E-state index contributed by atoms with van der Waals surface area (Å²) in [6.45, 7) is 4.40. The standard InChI is InChI=1S/C22H29N3/c1-15-11-16(2)13-17(12-15)20-7-4-8-21(20)24-19-9-10-22(23-14-19)25-18-5-3-6-18/h9-14,18,20-21,24H,3-8H2,1-2H3,(H,23,25). The molecule has 2 aromatic rings. The first-order chi connectivity index (χ1) is 12.2. The molecule has 132 valence electrons. The van der Waals surface area contributed by atoms with Crippen LogP contribution in [0.3, 0.4) is 0 Å². The fourth-order valence-corrected chi connectivity index (χ4v) is 4.30. The fraction of sp³-hybridized carbons (Fsp3) is 0.500. The van der Waals surface area contributed by atoms with Crippen LogP contribution in [-0.4, -0.2) is 17.1 Å². The van der Waals surface area contributed by atoms with Gasteiger partial charge in [0.1, 0.15) is 5.82 Å². The molecule has 2 saturated carbocycles. The Morgan fingerprint density at radius 1 is 0.880 bits per heavy atom. The topological polar surface area (TPSA) is 37.0 Å². The summed E-state index contributed by atoms with van der Waals surface area (Å²) in [7, 11) is 0. The zero-order valence-corrected chi connectivity index (χ0v) is 15.4. The summed E-state index contributed by atoms with van der Waals surface area (Å²) >= 11 is 0. The second kappa shape index (κ2) is 7.07. The maximum absolute atomic E-state index is 4.59. The van der Waals surface area contributed by atoms with E-state index in [2.05, 4.69) is 59.8 Å². The third-order valence-corrected chi connectivity index (χ3v) is 5.76. The van der Waals surface area contributed by atoms with Crippen LogP contribution in [-0.2, 0) is 0 Å². The van der Waals surface area contributed by atoms with Crippen molar-refractivity contribution in [1.82, 2.24) is 4.98 Å². The monoisotopic (exact) mass is 335 g/mol. The summed E-state index contributed by atoms with van der Waals surface area (Å²) in [5.41, 5.74) is 5.37. The molecule has 2 aliphatic carbocycles. The van der Waals surface area contributed by atoms with Crippen molar-refractivity contribution in [2.24, 2.45) is 0 Å². The Balaban J connectivity index is 1.43. The molecule has 0 aliphatic heterocycles. The van der Waals surface area contributed by atoms with Crippen LogP contribution in [0.5, 0.6) is 0 Å². The lowest BCUT2D eigenvalue weighted by Gasteiger charge is -2.27. The molecule has 4 rings (SSSR count). The van der Waals surface area contributed by atoms with Gasteiger partial charge in [0.05, 0.1) is 11.9 Å². The molecule has 1 aromatic carbocycles. The highest BCUT2D eigenvalue weighted by atomic mass is 15.0. The summed E-state index contributed by atoms with van der Waals surface area (Å²) in [5.74, 6) is 1.61. The number of nitrogens with zero attached hydrogens (tertiary/aromatic N) is 1. The Labute approximate surface area is 151 Å². The number of hydrogen-bond acceptors (Lipinski definition) is 3. The number of nitrogens with one attached hydrogen (secondary N) is 2. The molecule has 3 nitrogen and oxygen atoms in total. The lowest BCUT2D eigenvalue weighted by Crippen LogP contribution is -2.27. The van der Waals surface area contributed by atoms with Crippen molar-refractivity contribution in [1.29, 1.82) is 0 Å². The molecule has 3 heteroatoms. The molecule has 0 amide bonds. The fourth-order valence-electron chi connectivity index (χ4n) is 4.30. The maximum Gasteiger partial charge on any atom is 0.126 e. The molecule has 1 heterocycles. The van der Waals surface area contributed by atoms with Crippen LogP contribution >= 0.6 is 0 Å². The van der Waals surface area contributed by atoms with E-state index in [0.29, 0.717) is 18.0 Å². The van der Waals surface area contributed by atoms with Gasteiger partial charge >= 0.3 is 0 Å². The van der Waals surface area contributed by atoms with Crippen molar-refractivity contribution in [2.45, 2.75) is 70.4 Å². The molecule has 2 aliphatic rings. The van der Waals surface area contributed by atoms with Crippen molar-refractivity contribution in [3.05, 3.63) is 53.2 Å². The maximum atomic E-state index is 4.59. The number of hydrogen-bond donors (Lipinski definition) is 2. The van der Waals surface area contributed by atoms with Crippen molar-refractivity contribution in [3.8, 4) is 0 Å². The first kappa shape index (κ1) is 16.4. The SMILES string of the molecule is Cc1cc(C)cc(C2CCCC2Nc2ccc(NC3CCC3)nc2)c1. The molecule has 1 aromatic heterocycles. The van der Waals surface area contributed by atoms with Crippen LogP contribution in [0.15, 0.2) is 36.5 Å². The van der Waals surface area contributed by atoms with Crippen LogP contribution in [0.1, 0.15) is 61.1 Å². The van der Waals surface area contributed by atoms with Gasteiger partial charge in [-0.3, -0.25) is 0 Å². The molecule has 2 atom stereocenters. The third kappa shape index (κ3) is 3.81. The van der Waals surface area contributed by atoms with Crippen LogP contribution < -0.4 is 10.6 Å². The quantitative estimate of drug-likeness (QED) is 0.767. The molecule has 0 bridgehead atoms. The first-order valence-corrected chi connectivity index (χ1v) is 9.75. The van der Waals surface area contributed by atoms with E-state index in [4.69, 9.17) is 0 Å². The smallest absolute Gasteiger partial charge is 0.126 e. The summed E-state index contributed by atoms with van der Waals surface area (Å²) in [4.78, 5) is 4.59. The lowest BCUT2D eigenvalue weighted by molar-refractivity contribution is 0.444. The summed E-state index contributed by atoms with van der Waals surface area (Å²) in [5, 5.41) is 7.25. The Morgan fingerprint density at radius 2 is 1.64 bits per heavy atom. The number of aromatic nitrogens is 1. The minimum Gasteiger partial charge on any atom is -0.380 e. The number of rotatable bonds is 5. The molecule has 2 N–H and O–H groups in total. The largest absolute Gasteiger partial charge is 0.380 e. The van der Waals surface area contributed by atoms with E-state index in [1.807, 2.05) is 6.20 Å². The Morgan fingerprint density at radius 3 is 2.28 bits per heavy atom. The van der Waals surface area contributed by atoms with E-state index >= 15 is 0 Å². The molecule has 25 heavy (non-hydrogen) atoms. The van der Waals surface area contributed by atoms with Crippen molar-refractivity contribution < 1.29 is 0 Å². The summed E-state index contributed by atoms with van der Waals surface area (Å²) in [6, 6.07) is 12.4. The molecule has 0 radical (unpaired) electrons. The van der Waals surface area contributed by atoms with Gasteiger partial charge in [-0.15, -0.1) is 0 Å². The van der Waals surface area contributed by atoms with Gasteiger partial charge in [0.2, 0.25) is 0 Å². The number of anilines is 2. The van der Waals surface area contributed by atoms with E-state index in [0.717, 1.165) is 11.5 Å². The summed E-state index contributed by atoms with van der Waals surface area (Å²) in [6.07, 6.45) is 9.69. The van der Waals surface area contributed by atoms with Crippen LogP contribution in [0, 0.1) is 13.8 Å². The van der Waals surface area contributed by atoms with E-state index in [1.165, 1.54) is 55.2 Å². The number of pyridine rings is 1. The van der Waals surface area contributed by atoms with Gasteiger partial charge in [-0.05, 0) is 63.6 Å². The minimum absolute atomic E-state index is 0.508. The van der Waals surface area contributed by atoms with Gasteiger partial charge in [0.15, 0.2) is 0 Å². The van der Waals surface area contributed by atoms with E-state index in [1.54, 1.807) is 0 Å². The third-order valence-electron chi connectivity index (χ3n) is 5.76. The van der Waals surface area contributed by atoms with E-state index in [-0.39, 0.29) is 0 Å². The highest BCUT2D eigenvalue weighted by molar-refractivity contribution is 5.49. The predicted octanol–water partition coefficient (Wildman–Crippen LogP) is 5.41. The van der Waals surface area contributed by atoms with Gasteiger partial charge in [-0.25, -0.2) is 4.98 Å². The highest BCUT2D eigenvalue weighted by Gasteiger charge is 2.28. The molecule has 2 unspecified atom stereocenters. The Bertz CT molecular complexity index is 698. The molecular formula is C22H29N3. The highest BCUT2D eigenvalue weighted by Crippen LogP contribution is 2.37. The molecule has 0 spiro atoms. The van der Waals surface area contributed by atoms with Crippen molar-refractivity contribution in [3.63, 3.8) is 0 Å². The van der Waals surface area contributed by atoms with Crippen LogP contribution in [0.4, 0.5) is 11.5 Å². The molecule has 0 saturated heterocycles. The number of benzene rings is 1. The van der Waals surface area contributed by atoms with Crippen LogP contribution in [0.25, 0.3) is 0 Å². The van der Waals surface area contributed by atoms with E-state index < -0.39 is 0 Å². The zero-order chi connectivity index (χ0) is 17.2. The molecular weight excluding hydrogens is 306 g/mol. The Hall–Kier alpha value is -2.03. The Kier molecular flexibility index (Phi) is 4.65. The van der Waals surface area contributed by atoms with Gasteiger partial charge in [-0.1, -0.05) is 35.7 Å². The first-order valence-electron chi connectivity index (χ1n) is 9.75. The van der Waals surface area contributed by atoms with Gasteiger partial charge < -0.3 is 10.6 Å². The second-order valence-corrected chi connectivity index (χ2v) is 7.91. The van der Waals surface area contributed by atoms with Crippen LogP contribution in [0.2, 0.25) is 0 Å². The molecule has 2 fully saturated rings. The average Bonchev–Trinajstić information content (AvgIpc) is 3.00.